The molecule has 27 heavy (non-hydrogen) atoms. The highest BCUT2D eigenvalue weighted by Gasteiger charge is 2.19. The zero-order valence-electron chi connectivity index (χ0n) is 15.6. The standard InChI is InChI=1S/C21H26N6/c1-15-4-9-19(22)18(12-15)21(23)20-14-27(25-24-20)17-7-5-16(6-8-17)13-26-10-2-3-11-26/h4-9,12,14,23-25H,2-3,10-11,13,22H2,1H3. The number of likely N-dealkylation sites (tertiary alicyclic amines) is 1. The van der Waals surface area contributed by atoms with Crippen molar-refractivity contribution in [2.45, 2.75) is 26.3 Å². The quantitative estimate of drug-likeness (QED) is 0.486. The maximum Gasteiger partial charge on any atom is 0.0941 e. The Labute approximate surface area is 160 Å². The Morgan fingerprint density at radius 3 is 2.59 bits per heavy atom. The van der Waals surface area contributed by atoms with Crippen LogP contribution in [0.2, 0.25) is 0 Å². The lowest BCUT2D eigenvalue weighted by Gasteiger charge is -2.17. The molecule has 0 radical (unpaired) electrons. The van der Waals surface area contributed by atoms with Gasteiger partial charge in [-0.15, -0.1) is 5.53 Å². The monoisotopic (exact) mass is 362 g/mol. The first kappa shape index (κ1) is 17.6. The number of hydrazine groups is 2. The fraction of sp³-hybridized carbons (Fsp3) is 0.286. The van der Waals surface area contributed by atoms with Crippen LogP contribution in [0.5, 0.6) is 0 Å². The fourth-order valence-corrected chi connectivity index (χ4v) is 3.57. The fourth-order valence-electron chi connectivity index (χ4n) is 3.57. The first-order valence-electron chi connectivity index (χ1n) is 9.39. The van der Waals surface area contributed by atoms with Crippen molar-refractivity contribution in [1.82, 2.24) is 15.9 Å². The van der Waals surface area contributed by atoms with Crippen molar-refractivity contribution in [3.8, 4) is 0 Å². The number of aryl methyl sites for hydroxylation is 1. The van der Waals surface area contributed by atoms with Gasteiger partial charge < -0.3 is 5.73 Å². The van der Waals surface area contributed by atoms with Crippen LogP contribution < -0.4 is 21.7 Å². The van der Waals surface area contributed by atoms with Gasteiger partial charge in [0, 0.05) is 17.8 Å². The molecule has 0 unspecified atom stereocenters. The van der Waals surface area contributed by atoms with Gasteiger partial charge in [0.1, 0.15) is 0 Å². The van der Waals surface area contributed by atoms with E-state index >= 15 is 0 Å². The van der Waals surface area contributed by atoms with E-state index in [1.807, 2.05) is 36.3 Å². The summed E-state index contributed by atoms with van der Waals surface area (Å²) in [5.41, 5.74) is 18.1. The van der Waals surface area contributed by atoms with Crippen molar-refractivity contribution in [3.05, 3.63) is 71.1 Å². The van der Waals surface area contributed by atoms with Crippen LogP contribution in [0.15, 0.2) is 54.4 Å². The van der Waals surface area contributed by atoms with E-state index in [1.165, 1.54) is 31.5 Å². The predicted molar refractivity (Wildman–Crippen MR) is 110 cm³/mol. The third-order valence-corrected chi connectivity index (χ3v) is 5.14. The predicted octanol–water partition coefficient (Wildman–Crippen LogP) is 2.91. The summed E-state index contributed by atoms with van der Waals surface area (Å²) in [4.78, 5) is 2.50. The smallest absolute Gasteiger partial charge is 0.0941 e. The molecule has 0 saturated carbocycles. The van der Waals surface area contributed by atoms with Crippen LogP contribution in [-0.2, 0) is 6.54 Å². The zero-order valence-corrected chi connectivity index (χ0v) is 15.6. The molecule has 140 valence electrons. The molecule has 0 atom stereocenters. The molecule has 2 heterocycles. The largest absolute Gasteiger partial charge is 0.398 e. The minimum Gasteiger partial charge on any atom is -0.398 e. The van der Waals surface area contributed by atoms with Crippen molar-refractivity contribution in [2.75, 3.05) is 23.8 Å². The van der Waals surface area contributed by atoms with E-state index in [1.54, 1.807) is 0 Å². The third kappa shape index (κ3) is 3.82. The van der Waals surface area contributed by atoms with Gasteiger partial charge in [0.05, 0.1) is 23.3 Å². The molecule has 2 aromatic carbocycles. The van der Waals surface area contributed by atoms with E-state index in [2.05, 4.69) is 40.1 Å². The first-order valence-corrected chi connectivity index (χ1v) is 9.39. The molecule has 2 aliphatic heterocycles. The topological polar surface area (TPSA) is 80.4 Å². The lowest BCUT2D eigenvalue weighted by atomic mass is 10.0. The summed E-state index contributed by atoms with van der Waals surface area (Å²) in [6.45, 7) is 5.43. The number of rotatable bonds is 5. The van der Waals surface area contributed by atoms with Gasteiger partial charge in [-0.05, 0) is 62.7 Å². The minimum absolute atomic E-state index is 0.372. The maximum absolute atomic E-state index is 8.49. The Balaban J connectivity index is 1.46. The second kappa shape index (κ2) is 7.42. The Bertz CT molecular complexity index is 865. The number of nitrogens with one attached hydrogen (secondary N) is 3. The molecule has 0 bridgehead atoms. The molecule has 4 rings (SSSR count). The molecule has 6 heteroatoms. The molecule has 5 N–H and O–H groups in total. The molecular weight excluding hydrogens is 336 g/mol. The third-order valence-electron chi connectivity index (χ3n) is 5.14. The highest BCUT2D eigenvalue weighted by molar-refractivity contribution is 6.13. The van der Waals surface area contributed by atoms with Crippen molar-refractivity contribution in [3.63, 3.8) is 0 Å². The second-order valence-electron chi connectivity index (χ2n) is 7.26. The van der Waals surface area contributed by atoms with Crippen molar-refractivity contribution < 1.29 is 0 Å². The number of hydrogen-bond donors (Lipinski definition) is 4. The van der Waals surface area contributed by atoms with E-state index in [0.717, 1.165) is 23.4 Å². The van der Waals surface area contributed by atoms with Crippen molar-refractivity contribution in [1.29, 1.82) is 5.41 Å². The number of benzene rings is 2. The average Bonchev–Trinajstić information content (AvgIpc) is 3.36. The van der Waals surface area contributed by atoms with Crippen LogP contribution in [0, 0.1) is 12.3 Å². The molecule has 1 fully saturated rings. The summed E-state index contributed by atoms with van der Waals surface area (Å²) in [6, 6.07) is 14.3. The molecule has 6 nitrogen and oxygen atoms in total. The van der Waals surface area contributed by atoms with E-state index in [-0.39, 0.29) is 0 Å². The average molecular weight is 362 g/mol. The number of anilines is 2. The Hall–Kier alpha value is -2.83. The minimum atomic E-state index is 0.372. The highest BCUT2D eigenvalue weighted by atomic mass is 15.7. The summed E-state index contributed by atoms with van der Waals surface area (Å²) in [6.07, 6.45) is 4.51. The molecule has 0 amide bonds. The molecule has 0 aromatic heterocycles. The van der Waals surface area contributed by atoms with E-state index in [9.17, 15) is 0 Å². The number of allylic oxidation sites excluding steroid dienone is 1. The lowest BCUT2D eigenvalue weighted by Crippen LogP contribution is -2.37. The van der Waals surface area contributed by atoms with Crippen molar-refractivity contribution in [2.24, 2.45) is 0 Å². The van der Waals surface area contributed by atoms with Crippen LogP contribution >= 0.6 is 0 Å². The summed E-state index contributed by atoms with van der Waals surface area (Å²) in [5, 5.41) is 10.4. The van der Waals surface area contributed by atoms with Gasteiger partial charge in [-0.25, -0.2) is 0 Å². The molecule has 1 saturated heterocycles. The van der Waals surface area contributed by atoms with Gasteiger partial charge in [-0.2, -0.15) is 0 Å². The Kier molecular flexibility index (Phi) is 4.83. The van der Waals surface area contributed by atoms with Crippen LogP contribution in [0.1, 0.15) is 29.5 Å². The van der Waals surface area contributed by atoms with Crippen LogP contribution in [0.25, 0.3) is 0 Å². The van der Waals surface area contributed by atoms with E-state index in [4.69, 9.17) is 11.1 Å². The Morgan fingerprint density at radius 2 is 1.85 bits per heavy atom. The van der Waals surface area contributed by atoms with Crippen LogP contribution in [-0.4, -0.2) is 23.7 Å². The summed E-state index contributed by atoms with van der Waals surface area (Å²) < 4.78 is 0. The van der Waals surface area contributed by atoms with Gasteiger partial charge in [0.2, 0.25) is 0 Å². The molecule has 0 spiro atoms. The maximum atomic E-state index is 8.49. The van der Waals surface area contributed by atoms with Gasteiger partial charge in [-0.1, -0.05) is 23.8 Å². The highest BCUT2D eigenvalue weighted by Crippen LogP contribution is 2.22. The SMILES string of the molecule is Cc1ccc(N)c(C(=N)C2=CN(c3ccc(CN4CCCC4)cc3)NN2)c1. The normalized spacial score (nSPS) is 17.1. The molecule has 2 aromatic rings. The van der Waals surface area contributed by atoms with E-state index in [0.29, 0.717) is 17.1 Å². The van der Waals surface area contributed by atoms with Gasteiger partial charge in [0.25, 0.3) is 0 Å². The van der Waals surface area contributed by atoms with Crippen LogP contribution in [0.3, 0.4) is 0 Å². The summed E-state index contributed by atoms with van der Waals surface area (Å²) in [5.74, 6) is 0. The summed E-state index contributed by atoms with van der Waals surface area (Å²) >= 11 is 0. The molecule has 2 aliphatic rings. The number of nitrogens with two attached hydrogens (primary N) is 1. The second-order valence-corrected chi connectivity index (χ2v) is 7.26. The molecular formula is C21H26N6. The number of nitrogen functional groups attached to an aromatic ring is 1. The number of hydrogen-bond acceptors (Lipinski definition) is 6. The van der Waals surface area contributed by atoms with Gasteiger partial charge >= 0.3 is 0 Å². The zero-order chi connectivity index (χ0) is 18.8. The first-order chi connectivity index (χ1) is 13.1. The Morgan fingerprint density at radius 1 is 1.11 bits per heavy atom. The van der Waals surface area contributed by atoms with E-state index < -0.39 is 0 Å². The lowest BCUT2D eigenvalue weighted by molar-refractivity contribution is 0.331. The van der Waals surface area contributed by atoms with Gasteiger partial charge in [0.15, 0.2) is 0 Å². The molecule has 0 aliphatic carbocycles. The van der Waals surface area contributed by atoms with Gasteiger partial charge in [-0.3, -0.25) is 20.7 Å². The number of nitrogens with zero attached hydrogens (tertiary/aromatic N) is 2. The van der Waals surface area contributed by atoms with Crippen molar-refractivity contribution >= 4 is 17.1 Å². The summed E-state index contributed by atoms with van der Waals surface area (Å²) in [7, 11) is 0. The van der Waals surface area contributed by atoms with Crippen LogP contribution in [0.4, 0.5) is 11.4 Å².